The molecule has 3 aromatic rings. The maximum atomic E-state index is 13.5. The normalized spacial score (nSPS) is 14.3. The second-order valence-corrected chi connectivity index (χ2v) is 11.6. The van der Waals surface area contributed by atoms with Gasteiger partial charge < -0.3 is 31.8 Å². The van der Waals surface area contributed by atoms with Crippen molar-refractivity contribution >= 4 is 34.6 Å². The molecule has 4 atom stereocenters. The molecule has 226 valence electrons. The summed E-state index contributed by atoms with van der Waals surface area (Å²) in [4.78, 5) is 55.0. The highest BCUT2D eigenvalue weighted by atomic mass is 16.4. The van der Waals surface area contributed by atoms with Gasteiger partial charge in [0, 0.05) is 23.5 Å². The highest BCUT2D eigenvalue weighted by Crippen LogP contribution is 2.19. The average Bonchev–Trinajstić information content (AvgIpc) is 3.34. The summed E-state index contributed by atoms with van der Waals surface area (Å²) in [6, 6.07) is 12.8. The number of carboxylic acid groups (broad SMARTS) is 1. The first-order valence-corrected chi connectivity index (χ1v) is 14.4. The molecule has 7 N–H and O–H groups in total. The van der Waals surface area contributed by atoms with Gasteiger partial charge in [-0.25, -0.2) is 4.79 Å². The van der Waals surface area contributed by atoms with Crippen molar-refractivity contribution in [2.45, 2.75) is 77.5 Å². The Balaban J connectivity index is 1.69. The number of hydrogen-bond acceptors (Lipinski definition) is 5. The molecule has 0 aliphatic rings. The second-order valence-electron chi connectivity index (χ2n) is 11.6. The van der Waals surface area contributed by atoms with Gasteiger partial charge in [0.15, 0.2) is 0 Å². The topological polar surface area (TPSA) is 166 Å². The van der Waals surface area contributed by atoms with Gasteiger partial charge in [0.05, 0.1) is 6.04 Å². The molecule has 0 bridgehead atoms. The van der Waals surface area contributed by atoms with Crippen molar-refractivity contribution in [3.05, 3.63) is 71.9 Å². The lowest BCUT2D eigenvalue weighted by Gasteiger charge is -2.27. The van der Waals surface area contributed by atoms with E-state index in [1.807, 2.05) is 64.2 Å². The molecular formula is C32H43N5O5. The molecule has 0 saturated carbocycles. The molecule has 0 radical (unpaired) electrons. The number of benzene rings is 2. The quantitative estimate of drug-likeness (QED) is 0.162. The predicted molar refractivity (Wildman–Crippen MR) is 162 cm³/mol. The molecule has 10 heteroatoms. The van der Waals surface area contributed by atoms with Crippen LogP contribution >= 0.6 is 0 Å². The molecule has 0 saturated heterocycles. The molecular weight excluding hydrogens is 534 g/mol. The standard InChI is InChI=1S/C32H43N5O5/c1-19(2)14-26(35-29(38)24(33)17-22-18-34-25-13-9-8-12-23(22)25)30(39)36-27(15-20(3)4)31(40)37-28(32(41)42)16-21-10-6-5-7-11-21/h5-13,18-20,24,26-28,34H,14-17,33H2,1-4H3,(H,35,38)(H,36,39)(H,37,40)(H,41,42). The summed E-state index contributed by atoms with van der Waals surface area (Å²) in [6.45, 7) is 7.67. The van der Waals surface area contributed by atoms with Gasteiger partial charge >= 0.3 is 5.97 Å². The average molecular weight is 578 g/mol. The van der Waals surface area contributed by atoms with Gasteiger partial charge in [-0.15, -0.1) is 0 Å². The van der Waals surface area contributed by atoms with E-state index in [1.165, 1.54) is 0 Å². The number of nitrogens with one attached hydrogen (secondary N) is 4. The van der Waals surface area contributed by atoms with Crippen LogP contribution in [0, 0.1) is 11.8 Å². The van der Waals surface area contributed by atoms with Gasteiger partial charge in [0.1, 0.15) is 18.1 Å². The maximum absolute atomic E-state index is 13.5. The van der Waals surface area contributed by atoms with Crippen molar-refractivity contribution in [2.75, 3.05) is 0 Å². The molecule has 3 amide bonds. The van der Waals surface area contributed by atoms with E-state index in [9.17, 15) is 24.3 Å². The third-order valence-corrected chi connectivity index (χ3v) is 7.03. The Hall–Kier alpha value is -4.18. The van der Waals surface area contributed by atoms with Crippen LogP contribution in [0.3, 0.4) is 0 Å². The van der Waals surface area contributed by atoms with Crippen LogP contribution in [0.1, 0.15) is 51.7 Å². The zero-order chi connectivity index (χ0) is 30.8. The predicted octanol–water partition coefficient (Wildman–Crippen LogP) is 2.91. The number of carbonyl (C=O) groups is 4. The van der Waals surface area contributed by atoms with Crippen LogP contribution in [0.2, 0.25) is 0 Å². The summed E-state index contributed by atoms with van der Waals surface area (Å²) >= 11 is 0. The molecule has 0 fully saturated rings. The zero-order valence-electron chi connectivity index (χ0n) is 24.7. The minimum absolute atomic E-state index is 0.0289. The molecule has 3 rings (SSSR count). The van der Waals surface area contributed by atoms with E-state index < -0.39 is 47.9 Å². The summed E-state index contributed by atoms with van der Waals surface area (Å²) in [5.41, 5.74) is 8.87. The maximum Gasteiger partial charge on any atom is 0.326 e. The third kappa shape index (κ3) is 9.44. The summed E-state index contributed by atoms with van der Waals surface area (Å²) in [6.07, 6.45) is 2.83. The van der Waals surface area contributed by atoms with E-state index in [0.717, 1.165) is 22.0 Å². The molecule has 0 spiro atoms. The number of aromatic amines is 1. The Morgan fingerprint density at radius 2 is 1.26 bits per heavy atom. The fourth-order valence-electron chi connectivity index (χ4n) is 4.91. The van der Waals surface area contributed by atoms with E-state index in [-0.39, 0.29) is 31.1 Å². The molecule has 42 heavy (non-hydrogen) atoms. The van der Waals surface area contributed by atoms with E-state index in [2.05, 4.69) is 20.9 Å². The Kier molecular flexibility index (Phi) is 11.7. The van der Waals surface area contributed by atoms with Crippen LogP contribution in [0.4, 0.5) is 0 Å². The SMILES string of the molecule is CC(C)CC(NC(=O)C(N)Cc1c[nH]c2ccccc12)C(=O)NC(CC(C)C)C(=O)NC(Cc1ccccc1)C(=O)O. The van der Waals surface area contributed by atoms with Crippen LogP contribution in [0.15, 0.2) is 60.8 Å². The molecule has 0 aliphatic heterocycles. The van der Waals surface area contributed by atoms with Gasteiger partial charge in [-0.05, 0) is 48.3 Å². The fraction of sp³-hybridized carbons (Fsp3) is 0.438. The van der Waals surface area contributed by atoms with Crippen LogP contribution in [0.25, 0.3) is 10.9 Å². The fourth-order valence-corrected chi connectivity index (χ4v) is 4.91. The number of carbonyl (C=O) groups excluding carboxylic acids is 3. The number of amides is 3. The number of fused-ring (bicyclic) bond motifs is 1. The third-order valence-electron chi connectivity index (χ3n) is 7.03. The summed E-state index contributed by atoms with van der Waals surface area (Å²) in [5, 5.41) is 18.9. The number of aliphatic carboxylic acids is 1. The number of para-hydroxylation sites is 1. The van der Waals surface area contributed by atoms with Gasteiger partial charge in [-0.2, -0.15) is 0 Å². The lowest BCUT2D eigenvalue weighted by Crippen LogP contribution is -2.57. The van der Waals surface area contributed by atoms with Crippen molar-refractivity contribution in [1.82, 2.24) is 20.9 Å². The van der Waals surface area contributed by atoms with Crippen LogP contribution in [0.5, 0.6) is 0 Å². The zero-order valence-corrected chi connectivity index (χ0v) is 24.7. The number of rotatable bonds is 15. The molecule has 4 unspecified atom stereocenters. The van der Waals surface area contributed by atoms with Crippen molar-refractivity contribution in [3.8, 4) is 0 Å². The second kappa shape index (κ2) is 15.2. The van der Waals surface area contributed by atoms with E-state index in [1.54, 1.807) is 24.3 Å². The Bertz CT molecular complexity index is 1350. The molecule has 2 aromatic carbocycles. The van der Waals surface area contributed by atoms with Crippen molar-refractivity contribution < 1.29 is 24.3 Å². The Morgan fingerprint density at radius 1 is 0.738 bits per heavy atom. The van der Waals surface area contributed by atoms with Gasteiger partial charge in [0.25, 0.3) is 0 Å². The first kappa shape index (κ1) is 32.3. The lowest BCUT2D eigenvalue weighted by molar-refractivity contribution is -0.142. The van der Waals surface area contributed by atoms with Crippen molar-refractivity contribution in [1.29, 1.82) is 0 Å². The summed E-state index contributed by atoms with van der Waals surface area (Å²) < 4.78 is 0. The van der Waals surface area contributed by atoms with Crippen LogP contribution in [-0.2, 0) is 32.0 Å². The Labute approximate surface area is 246 Å². The van der Waals surface area contributed by atoms with Gasteiger partial charge in [-0.3, -0.25) is 14.4 Å². The van der Waals surface area contributed by atoms with E-state index >= 15 is 0 Å². The van der Waals surface area contributed by atoms with Gasteiger partial charge in [-0.1, -0.05) is 76.2 Å². The smallest absolute Gasteiger partial charge is 0.326 e. The number of aromatic nitrogens is 1. The first-order chi connectivity index (χ1) is 19.9. The largest absolute Gasteiger partial charge is 0.480 e. The number of carboxylic acids is 1. The number of nitrogens with two attached hydrogens (primary N) is 1. The summed E-state index contributed by atoms with van der Waals surface area (Å²) in [5.74, 6) is -2.67. The first-order valence-electron chi connectivity index (χ1n) is 14.4. The molecule has 1 heterocycles. The lowest BCUT2D eigenvalue weighted by atomic mass is 9.98. The highest BCUT2D eigenvalue weighted by Gasteiger charge is 2.31. The van der Waals surface area contributed by atoms with Crippen LogP contribution in [-0.4, -0.2) is 57.9 Å². The highest BCUT2D eigenvalue weighted by molar-refractivity contribution is 5.94. The minimum Gasteiger partial charge on any atom is -0.480 e. The molecule has 10 nitrogen and oxygen atoms in total. The van der Waals surface area contributed by atoms with E-state index in [0.29, 0.717) is 6.42 Å². The monoisotopic (exact) mass is 577 g/mol. The number of H-pyrrole nitrogens is 1. The number of hydrogen-bond donors (Lipinski definition) is 6. The Morgan fingerprint density at radius 3 is 1.83 bits per heavy atom. The van der Waals surface area contributed by atoms with E-state index in [4.69, 9.17) is 5.73 Å². The molecule has 1 aromatic heterocycles. The van der Waals surface area contributed by atoms with Crippen molar-refractivity contribution in [2.24, 2.45) is 17.6 Å². The van der Waals surface area contributed by atoms with Gasteiger partial charge in [0.2, 0.25) is 17.7 Å². The molecule has 0 aliphatic carbocycles. The summed E-state index contributed by atoms with van der Waals surface area (Å²) in [7, 11) is 0. The van der Waals surface area contributed by atoms with Crippen LogP contribution < -0.4 is 21.7 Å². The van der Waals surface area contributed by atoms with Crippen molar-refractivity contribution in [3.63, 3.8) is 0 Å². The minimum atomic E-state index is -1.17.